The molecule has 0 saturated carbocycles. The second-order valence-corrected chi connectivity index (χ2v) is 8.02. The maximum Gasteiger partial charge on any atom is 0.425 e. The summed E-state index contributed by atoms with van der Waals surface area (Å²) < 4.78 is 53.9. The van der Waals surface area contributed by atoms with E-state index in [1.54, 1.807) is 24.3 Å². The number of benzene rings is 2. The summed E-state index contributed by atoms with van der Waals surface area (Å²) in [5.41, 5.74) is -0.174. The number of aromatic nitrogens is 3. The van der Waals surface area contributed by atoms with Crippen molar-refractivity contribution in [1.29, 1.82) is 0 Å². The molecule has 1 N–H and O–H groups in total. The number of hydrogen-bond acceptors (Lipinski definition) is 6. The van der Waals surface area contributed by atoms with E-state index in [2.05, 4.69) is 10.1 Å². The standard InChI is InChI=1S/C19H14ClF3N4O3S/c1-29-13-6-2-11(3-7-13)18(19(21,22)23)25-16(28)27-17(31-18)24-15(26-27)10-30-14-8-4-12(20)5-9-14/h2-9H,10H2,1H3,(H,25,28)/t18-/m1/s1. The summed E-state index contributed by atoms with van der Waals surface area (Å²) >= 11 is 6.16. The number of alkyl halides is 3. The van der Waals surface area contributed by atoms with E-state index in [1.165, 1.54) is 31.4 Å². The number of nitrogens with zero attached hydrogens (tertiary/aromatic N) is 3. The molecule has 1 aromatic heterocycles. The molecule has 4 rings (SSSR count). The van der Waals surface area contributed by atoms with Crippen molar-refractivity contribution in [3.05, 3.63) is 64.9 Å². The Balaban J connectivity index is 1.63. The number of nitrogens with one attached hydrogen (secondary N) is 1. The van der Waals surface area contributed by atoms with Crippen LogP contribution in [0.2, 0.25) is 5.02 Å². The van der Waals surface area contributed by atoms with Crippen molar-refractivity contribution >= 4 is 29.4 Å². The number of carbonyl (C=O) groups is 1. The van der Waals surface area contributed by atoms with Crippen molar-refractivity contribution < 1.29 is 27.4 Å². The van der Waals surface area contributed by atoms with E-state index in [9.17, 15) is 18.0 Å². The molecular weight excluding hydrogens is 457 g/mol. The minimum atomic E-state index is -4.82. The van der Waals surface area contributed by atoms with Crippen molar-refractivity contribution in [2.75, 3.05) is 7.11 Å². The van der Waals surface area contributed by atoms with E-state index in [0.29, 0.717) is 28.3 Å². The third kappa shape index (κ3) is 4.02. The van der Waals surface area contributed by atoms with Crippen LogP contribution in [0.1, 0.15) is 11.4 Å². The van der Waals surface area contributed by atoms with Gasteiger partial charge in [0.15, 0.2) is 11.0 Å². The van der Waals surface area contributed by atoms with Gasteiger partial charge >= 0.3 is 12.2 Å². The minimum Gasteiger partial charge on any atom is -0.497 e. The number of ether oxygens (including phenoxy) is 2. The summed E-state index contributed by atoms with van der Waals surface area (Å²) in [7, 11) is 1.40. The maximum atomic E-state index is 14.2. The van der Waals surface area contributed by atoms with E-state index in [-0.39, 0.29) is 23.2 Å². The van der Waals surface area contributed by atoms with Crippen LogP contribution >= 0.6 is 23.4 Å². The van der Waals surface area contributed by atoms with Crippen LogP contribution in [-0.2, 0) is 11.5 Å². The molecular formula is C19H14ClF3N4O3S. The van der Waals surface area contributed by atoms with E-state index < -0.39 is 17.1 Å². The molecule has 0 unspecified atom stereocenters. The first kappa shape index (κ1) is 21.3. The lowest BCUT2D eigenvalue weighted by atomic mass is 10.1. The Hall–Kier alpha value is -2.92. The van der Waals surface area contributed by atoms with Gasteiger partial charge in [-0.1, -0.05) is 23.7 Å². The van der Waals surface area contributed by atoms with Gasteiger partial charge in [0.1, 0.15) is 18.1 Å². The van der Waals surface area contributed by atoms with E-state index >= 15 is 0 Å². The zero-order chi connectivity index (χ0) is 22.2. The first-order valence-electron chi connectivity index (χ1n) is 8.79. The van der Waals surface area contributed by atoms with Gasteiger partial charge < -0.3 is 14.8 Å². The van der Waals surface area contributed by atoms with Gasteiger partial charge in [0.05, 0.1) is 7.11 Å². The van der Waals surface area contributed by atoms with Crippen molar-refractivity contribution in [2.45, 2.75) is 22.8 Å². The summed E-state index contributed by atoms with van der Waals surface area (Å²) in [6, 6.07) is 10.7. The second-order valence-electron chi connectivity index (χ2n) is 6.40. The first-order chi connectivity index (χ1) is 14.7. The fourth-order valence-electron chi connectivity index (χ4n) is 2.89. The lowest BCUT2D eigenvalue weighted by Gasteiger charge is -2.37. The molecule has 0 radical (unpaired) electrons. The fraction of sp³-hybridized carbons (Fsp3) is 0.211. The second kappa shape index (κ2) is 7.97. The molecule has 1 aliphatic rings. The number of methoxy groups -OCH3 is 1. The minimum absolute atomic E-state index is 0.0558. The number of carbonyl (C=O) groups excluding carboxylic acids is 1. The Kier molecular flexibility index (Phi) is 5.48. The van der Waals surface area contributed by atoms with Gasteiger partial charge in [-0.15, -0.1) is 5.10 Å². The van der Waals surface area contributed by atoms with Crippen LogP contribution in [-0.4, -0.2) is 34.1 Å². The first-order valence-corrected chi connectivity index (χ1v) is 9.98. The van der Waals surface area contributed by atoms with E-state index in [4.69, 9.17) is 21.1 Å². The summed E-state index contributed by atoms with van der Waals surface area (Å²) in [6.45, 7) is -0.142. The quantitative estimate of drug-likeness (QED) is 0.587. The highest BCUT2D eigenvalue weighted by atomic mass is 35.5. The molecule has 0 saturated heterocycles. The fourth-order valence-corrected chi connectivity index (χ4v) is 4.16. The predicted octanol–water partition coefficient (Wildman–Crippen LogP) is 4.60. The Morgan fingerprint density at radius 1 is 1.13 bits per heavy atom. The molecule has 0 bridgehead atoms. The molecule has 1 amide bonds. The highest BCUT2D eigenvalue weighted by Crippen LogP contribution is 2.51. The maximum absolute atomic E-state index is 14.2. The molecule has 12 heteroatoms. The van der Waals surface area contributed by atoms with Gasteiger partial charge in [0.2, 0.25) is 4.87 Å². The number of hydrogen-bond donors (Lipinski definition) is 1. The highest BCUT2D eigenvalue weighted by molar-refractivity contribution is 8.00. The average Bonchev–Trinajstić information content (AvgIpc) is 3.16. The van der Waals surface area contributed by atoms with Gasteiger partial charge in [0.25, 0.3) is 0 Å². The number of fused-ring (bicyclic) bond motifs is 1. The zero-order valence-electron chi connectivity index (χ0n) is 15.8. The Labute approximate surface area is 183 Å². The largest absolute Gasteiger partial charge is 0.497 e. The summed E-state index contributed by atoms with van der Waals surface area (Å²) in [5, 5.41) is 6.33. The topological polar surface area (TPSA) is 78.3 Å². The zero-order valence-corrected chi connectivity index (χ0v) is 17.4. The molecule has 7 nitrogen and oxygen atoms in total. The monoisotopic (exact) mass is 470 g/mol. The highest BCUT2D eigenvalue weighted by Gasteiger charge is 2.61. The summed E-state index contributed by atoms with van der Waals surface area (Å²) in [6.07, 6.45) is -4.82. The number of thioether (sulfide) groups is 1. The van der Waals surface area contributed by atoms with Crippen LogP contribution in [0, 0.1) is 0 Å². The van der Waals surface area contributed by atoms with Crippen LogP contribution < -0.4 is 14.8 Å². The Bertz CT molecular complexity index is 1110. The van der Waals surface area contributed by atoms with Gasteiger partial charge in [-0.3, -0.25) is 0 Å². The number of amides is 1. The molecule has 1 aliphatic heterocycles. The molecule has 0 fully saturated rings. The average molecular weight is 471 g/mol. The molecule has 162 valence electrons. The van der Waals surface area contributed by atoms with Crippen LogP contribution in [0.3, 0.4) is 0 Å². The van der Waals surface area contributed by atoms with Crippen molar-refractivity contribution in [3.8, 4) is 11.5 Å². The third-order valence-corrected chi connectivity index (χ3v) is 5.99. The SMILES string of the molecule is COc1ccc([C@@]2(C(F)(F)F)NC(=O)n3nc(COc4ccc(Cl)cc4)nc3S2)cc1. The van der Waals surface area contributed by atoms with Crippen LogP contribution in [0.25, 0.3) is 0 Å². The molecule has 31 heavy (non-hydrogen) atoms. The van der Waals surface area contributed by atoms with Crippen molar-refractivity contribution in [3.63, 3.8) is 0 Å². The smallest absolute Gasteiger partial charge is 0.425 e. The normalized spacial score (nSPS) is 18.3. The van der Waals surface area contributed by atoms with Crippen LogP contribution in [0.5, 0.6) is 11.5 Å². The van der Waals surface area contributed by atoms with Gasteiger partial charge in [-0.2, -0.15) is 17.9 Å². The summed E-state index contributed by atoms with van der Waals surface area (Å²) in [4.78, 5) is 13.9. The van der Waals surface area contributed by atoms with Gasteiger partial charge in [0, 0.05) is 5.02 Å². The molecule has 2 aromatic carbocycles. The van der Waals surface area contributed by atoms with E-state index in [1.807, 2.05) is 5.32 Å². The van der Waals surface area contributed by atoms with Crippen LogP contribution in [0.15, 0.2) is 53.7 Å². The molecule has 1 atom stereocenters. The Morgan fingerprint density at radius 2 is 1.77 bits per heavy atom. The predicted molar refractivity (Wildman–Crippen MR) is 106 cm³/mol. The number of rotatable bonds is 5. The van der Waals surface area contributed by atoms with Gasteiger partial charge in [-0.25, -0.2) is 9.78 Å². The van der Waals surface area contributed by atoms with Crippen LogP contribution in [0.4, 0.5) is 18.0 Å². The third-order valence-electron chi connectivity index (χ3n) is 4.42. The molecule has 0 spiro atoms. The van der Waals surface area contributed by atoms with Crippen molar-refractivity contribution in [1.82, 2.24) is 20.1 Å². The summed E-state index contributed by atoms with van der Waals surface area (Å²) in [5.74, 6) is 0.912. The van der Waals surface area contributed by atoms with E-state index in [0.717, 1.165) is 4.68 Å². The Morgan fingerprint density at radius 3 is 2.39 bits per heavy atom. The number of halogens is 4. The molecule has 3 aromatic rings. The molecule has 2 heterocycles. The molecule has 0 aliphatic carbocycles. The van der Waals surface area contributed by atoms with Crippen molar-refractivity contribution in [2.24, 2.45) is 0 Å². The lowest BCUT2D eigenvalue weighted by molar-refractivity contribution is -0.168. The lowest BCUT2D eigenvalue weighted by Crippen LogP contribution is -2.57. The van der Waals surface area contributed by atoms with Gasteiger partial charge in [-0.05, 0) is 53.7 Å².